The van der Waals surface area contributed by atoms with Gasteiger partial charge in [-0.2, -0.15) is 0 Å². The van der Waals surface area contributed by atoms with Gasteiger partial charge < -0.3 is 25.0 Å². The minimum Gasteiger partial charge on any atom is -0.491 e. The number of nitrogens with zero attached hydrogens (tertiary/aromatic N) is 2. The number of aliphatic hydroxyl groups excluding tert-OH is 1. The van der Waals surface area contributed by atoms with Crippen LogP contribution in [0.3, 0.4) is 0 Å². The van der Waals surface area contributed by atoms with Gasteiger partial charge in [0.25, 0.3) is 0 Å². The van der Waals surface area contributed by atoms with Crippen molar-refractivity contribution in [2.75, 3.05) is 39.4 Å². The highest BCUT2D eigenvalue weighted by molar-refractivity contribution is 5.74. The van der Waals surface area contributed by atoms with E-state index < -0.39 is 0 Å². The molecule has 1 aromatic rings. The van der Waals surface area contributed by atoms with Crippen LogP contribution in [0.15, 0.2) is 24.3 Å². The van der Waals surface area contributed by atoms with Gasteiger partial charge in [0.15, 0.2) is 0 Å². The van der Waals surface area contributed by atoms with Crippen LogP contribution in [-0.2, 0) is 6.54 Å². The van der Waals surface area contributed by atoms with Gasteiger partial charge in [-0.05, 0) is 18.9 Å². The maximum absolute atomic E-state index is 12.6. The predicted octanol–water partition coefficient (Wildman–Crippen LogP) is 1.05. The van der Waals surface area contributed by atoms with Crippen molar-refractivity contribution in [3.63, 3.8) is 0 Å². The maximum atomic E-state index is 12.6. The van der Waals surface area contributed by atoms with E-state index in [-0.39, 0.29) is 19.2 Å². The molecule has 1 aromatic carbocycles. The molecule has 0 unspecified atom stereocenters. The van der Waals surface area contributed by atoms with E-state index in [4.69, 9.17) is 9.84 Å². The number of fused-ring (bicyclic) bond motifs is 4. The minimum atomic E-state index is -0.0212. The Bertz CT molecular complexity index is 530. The largest absolute Gasteiger partial charge is 0.491 e. The number of urea groups is 1. The monoisotopic (exact) mass is 319 g/mol. The quantitative estimate of drug-likeness (QED) is 0.851. The summed E-state index contributed by atoms with van der Waals surface area (Å²) in [7, 11) is 0. The first-order chi connectivity index (χ1) is 11.3. The van der Waals surface area contributed by atoms with Gasteiger partial charge in [0.05, 0.1) is 6.61 Å². The molecular formula is C17H25N3O3. The number of ether oxygens (including phenoxy) is 1. The highest BCUT2D eigenvalue weighted by Crippen LogP contribution is 2.21. The number of amides is 2. The molecule has 126 valence electrons. The van der Waals surface area contributed by atoms with Crippen molar-refractivity contribution in [3.05, 3.63) is 29.8 Å². The Balaban J connectivity index is 1.58. The van der Waals surface area contributed by atoms with Crippen molar-refractivity contribution in [1.29, 1.82) is 0 Å². The molecule has 0 spiro atoms. The SMILES string of the molecule is O=C(NCc1ccccc1OCCO)N1CCN2CCC1CC2. The zero-order chi connectivity index (χ0) is 16.1. The number of carbonyl (C=O) groups is 1. The molecule has 2 N–H and O–H groups in total. The molecule has 3 fully saturated rings. The first-order valence-corrected chi connectivity index (χ1v) is 8.36. The molecule has 3 saturated heterocycles. The number of nitrogens with one attached hydrogen (secondary N) is 1. The molecule has 0 saturated carbocycles. The lowest BCUT2D eigenvalue weighted by Gasteiger charge is -2.31. The second-order valence-electron chi connectivity index (χ2n) is 6.10. The second-order valence-corrected chi connectivity index (χ2v) is 6.10. The summed E-state index contributed by atoms with van der Waals surface area (Å²) in [5.74, 6) is 0.713. The van der Waals surface area contributed by atoms with E-state index in [1.54, 1.807) is 0 Å². The number of piperidine rings is 1. The third kappa shape index (κ3) is 3.95. The molecule has 23 heavy (non-hydrogen) atoms. The van der Waals surface area contributed by atoms with E-state index in [1.165, 1.54) is 0 Å². The van der Waals surface area contributed by atoms with Crippen LogP contribution in [0.1, 0.15) is 18.4 Å². The molecule has 6 heteroatoms. The average Bonchev–Trinajstić information content (AvgIpc) is 2.92. The Morgan fingerprint density at radius 3 is 2.78 bits per heavy atom. The lowest BCUT2D eigenvalue weighted by Crippen LogP contribution is -2.46. The summed E-state index contributed by atoms with van der Waals surface area (Å²) in [5, 5.41) is 11.9. The Labute approximate surface area is 137 Å². The van der Waals surface area contributed by atoms with E-state index in [0.717, 1.165) is 44.6 Å². The average molecular weight is 319 g/mol. The van der Waals surface area contributed by atoms with Crippen molar-refractivity contribution in [2.24, 2.45) is 0 Å². The molecule has 6 nitrogen and oxygen atoms in total. The minimum absolute atomic E-state index is 0.00992. The van der Waals surface area contributed by atoms with Crippen molar-refractivity contribution >= 4 is 6.03 Å². The third-order valence-corrected chi connectivity index (χ3v) is 4.67. The molecule has 2 amide bonds. The molecule has 2 bridgehead atoms. The molecule has 0 aliphatic carbocycles. The molecule has 4 rings (SSSR count). The number of rotatable bonds is 5. The van der Waals surface area contributed by atoms with Gasteiger partial charge in [0, 0.05) is 44.3 Å². The van der Waals surface area contributed by atoms with E-state index >= 15 is 0 Å². The molecule has 0 atom stereocenters. The number of benzene rings is 1. The molecule has 0 aromatic heterocycles. The Hall–Kier alpha value is -1.79. The summed E-state index contributed by atoms with van der Waals surface area (Å²) in [6.45, 7) is 4.66. The van der Waals surface area contributed by atoms with Crippen molar-refractivity contribution in [2.45, 2.75) is 25.4 Å². The zero-order valence-electron chi connectivity index (χ0n) is 13.4. The van der Waals surface area contributed by atoms with Crippen molar-refractivity contribution < 1.29 is 14.6 Å². The van der Waals surface area contributed by atoms with Gasteiger partial charge in [0.1, 0.15) is 12.4 Å². The summed E-state index contributed by atoms with van der Waals surface area (Å²) in [6, 6.07) is 7.99. The van der Waals surface area contributed by atoms with Crippen LogP contribution in [0.5, 0.6) is 5.75 Å². The summed E-state index contributed by atoms with van der Waals surface area (Å²) in [4.78, 5) is 17.0. The molecular weight excluding hydrogens is 294 g/mol. The van der Waals surface area contributed by atoms with E-state index in [0.29, 0.717) is 18.3 Å². The fourth-order valence-electron chi connectivity index (χ4n) is 3.37. The maximum Gasteiger partial charge on any atom is 0.317 e. The standard InChI is InChI=1S/C17H25N3O3/c21-11-12-23-16-4-2-1-3-14(16)13-18-17(22)20-10-9-19-7-5-15(20)6-8-19/h1-4,15,21H,5-13H2,(H,18,22). The summed E-state index contributed by atoms with van der Waals surface area (Å²) < 4.78 is 5.51. The highest BCUT2D eigenvalue weighted by Gasteiger charge is 2.31. The number of hydrogen-bond donors (Lipinski definition) is 2. The number of para-hydroxylation sites is 1. The van der Waals surface area contributed by atoms with Gasteiger partial charge >= 0.3 is 6.03 Å². The van der Waals surface area contributed by atoms with Gasteiger partial charge in [-0.15, -0.1) is 0 Å². The van der Waals surface area contributed by atoms with Crippen LogP contribution in [0, 0.1) is 0 Å². The molecule has 3 aliphatic rings. The predicted molar refractivity (Wildman–Crippen MR) is 87.4 cm³/mol. The topological polar surface area (TPSA) is 65.0 Å². The summed E-state index contributed by atoms with van der Waals surface area (Å²) in [6.07, 6.45) is 2.15. The lowest BCUT2D eigenvalue weighted by molar-refractivity contribution is 0.169. The fraction of sp³-hybridized carbons (Fsp3) is 0.588. The van der Waals surface area contributed by atoms with E-state index in [9.17, 15) is 4.79 Å². The van der Waals surface area contributed by atoms with E-state index in [2.05, 4.69) is 10.2 Å². The molecule has 3 heterocycles. The summed E-state index contributed by atoms with van der Waals surface area (Å²) in [5.41, 5.74) is 0.928. The normalized spacial score (nSPS) is 23.4. The van der Waals surface area contributed by atoms with Crippen LogP contribution in [0.4, 0.5) is 4.79 Å². The highest BCUT2D eigenvalue weighted by atomic mass is 16.5. The first-order valence-electron chi connectivity index (χ1n) is 8.36. The second kappa shape index (κ2) is 7.66. The van der Waals surface area contributed by atoms with Crippen LogP contribution in [0.2, 0.25) is 0 Å². The van der Waals surface area contributed by atoms with Crippen LogP contribution < -0.4 is 10.1 Å². The van der Waals surface area contributed by atoms with E-state index in [1.807, 2.05) is 29.2 Å². The smallest absolute Gasteiger partial charge is 0.317 e. The van der Waals surface area contributed by atoms with Crippen molar-refractivity contribution in [3.8, 4) is 5.75 Å². The summed E-state index contributed by atoms with van der Waals surface area (Å²) >= 11 is 0. The first kappa shape index (κ1) is 16.1. The van der Waals surface area contributed by atoms with Crippen LogP contribution in [0.25, 0.3) is 0 Å². The van der Waals surface area contributed by atoms with Gasteiger partial charge in [-0.3, -0.25) is 0 Å². The molecule has 0 radical (unpaired) electrons. The number of hydrogen-bond acceptors (Lipinski definition) is 4. The van der Waals surface area contributed by atoms with Crippen molar-refractivity contribution in [1.82, 2.24) is 15.1 Å². The third-order valence-electron chi connectivity index (χ3n) is 4.67. The van der Waals surface area contributed by atoms with Crippen LogP contribution >= 0.6 is 0 Å². The zero-order valence-corrected chi connectivity index (χ0v) is 13.4. The number of carbonyl (C=O) groups excluding carboxylic acids is 1. The van der Waals surface area contributed by atoms with Crippen LogP contribution in [-0.4, -0.2) is 66.4 Å². The number of aliphatic hydroxyl groups is 1. The Kier molecular flexibility index (Phi) is 5.35. The molecule has 3 aliphatic heterocycles. The lowest BCUT2D eigenvalue weighted by atomic mass is 10.1. The van der Waals surface area contributed by atoms with Gasteiger partial charge in [0.2, 0.25) is 0 Å². The Morgan fingerprint density at radius 1 is 1.22 bits per heavy atom. The van der Waals surface area contributed by atoms with Gasteiger partial charge in [-0.1, -0.05) is 18.2 Å². The fourth-order valence-corrected chi connectivity index (χ4v) is 3.37. The van der Waals surface area contributed by atoms with Gasteiger partial charge in [-0.25, -0.2) is 4.79 Å². The Morgan fingerprint density at radius 2 is 2.00 bits per heavy atom.